The van der Waals surface area contributed by atoms with Gasteiger partial charge in [0.2, 0.25) is 0 Å². The van der Waals surface area contributed by atoms with Crippen molar-refractivity contribution in [1.29, 1.82) is 0 Å². The van der Waals surface area contributed by atoms with E-state index in [2.05, 4.69) is 26.7 Å². The topological polar surface area (TPSA) is 36.9 Å². The Morgan fingerprint density at radius 3 is 2.56 bits per heavy atom. The van der Waals surface area contributed by atoms with Gasteiger partial charge in [-0.3, -0.25) is 5.10 Å². The molecule has 1 aromatic rings. The van der Waals surface area contributed by atoms with Gasteiger partial charge in [-0.15, -0.1) is 0 Å². The van der Waals surface area contributed by atoms with Crippen LogP contribution in [0.15, 0.2) is 6.33 Å². The second kappa shape index (κ2) is 3.96. The zero-order valence-electron chi connectivity index (χ0n) is 9.59. The van der Waals surface area contributed by atoms with Crippen molar-refractivity contribution >= 4 is 12.2 Å². The van der Waals surface area contributed by atoms with Gasteiger partial charge in [-0.2, -0.15) is 5.10 Å². The van der Waals surface area contributed by atoms with Crippen LogP contribution >= 0.6 is 12.2 Å². The predicted molar refractivity (Wildman–Crippen MR) is 64.9 cm³/mol. The maximum atomic E-state index is 5.26. The van der Waals surface area contributed by atoms with Crippen LogP contribution in [0, 0.1) is 4.77 Å². The van der Waals surface area contributed by atoms with Crippen molar-refractivity contribution < 1.29 is 0 Å². The smallest absolute Gasteiger partial charge is 0.195 e. The van der Waals surface area contributed by atoms with Gasteiger partial charge in [-0.25, -0.2) is 0 Å². The van der Waals surface area contributed by atoms with E-state index < -0.39 is 0 Å². The summed E-state index contributed by atoms with van der Waals surface area (Å²) in [7, 11) is 2.28. The molecule has 0 aliphatic carbocycles. The molecule has 0 radical (unpaired) electrons. The molecule has 0 aromatic carbocycles. The molecule has 88 valence electrons. The molecule has 5 heteroatoms. The number of nitrogens with one attached hydrogen (secondary N) is 1. The molecular formula is C11H18N4S. The summed E-state index contributed by atoms with van der Waals surface area (Å²) < 4.78 is 2.92. The molecule has 3 rings (SSSR count). The average Bonchev–Trinajstić information content (AvgIpc) is 2.64. The molecule has 2 unspecified atom stereocenters. The fourth-order valence-electron chi connectivity index (χ4n) is 3.33. The monoisotopic (exact) mass is 238 g/mol. The lowest BCUT2D eigenvalue weighted by molar-refractivity contribution is 0.0396. The summed E-state index contributed by atoms with van der Waals surface area (Å²) >= 11 is 5.26. The number of fused-ring (bicyclic) bond motifs is 2. The third-order valence-electron chi connectivity index (χ3n) is 4.29. The highest BCUT2D eigenvalue weighted by atomic mass is 32.1. The molecule has 2 saturated heterocycles. The standard InChI is InChI=1S/C11H18N4S/c1-14-8-3-2-4-9(14)6-10(5-8)15-7-12-13-11(15)16/h7-10H,2-6H2,1H3,(H,13,16). The van der Waals surface area contributed by atoms with Crippen molar-refractivity contribution in [1.82, 2.24) is 19.7 Å². The molecule has 16 heavy (non-hydrogen) atoms. The first-order valence-electron chi connectivity index (χ1n) is 6.09. The first kappa shape index (κ1) is 10.5. The Hall–Kier alpha value is -0.680. The van der Waals surface area contributed by atoms with Crippen LogP contribution in [-0.2, 0) is 0 Å². The van der Waals surface area contributed by atoms with E-state index in [1.165, 1.54) is 32.1 Å². The van der Waals surface area contributed by atoms with Crippen molar-refractivity contribution in [3.8, 4) is 0 Å². The average molecular weight is 238 g/mol. The van der Waals surface area contributed by atoms with Crippen LogP contribution in [0.25, 0.3) is 0 Å². The van der Waals surface area contributed by atoms with E-state index in [4.69, 9.17) is 12.2 Å². The minimum Gasteiger partial charge on any atom is -0.304 e. The lowest BCUT2D eigenvalue weighted by Crippen LogP contribution is -2.49. The molecule has 4 nitrogen and oxygen atoms in total. The number of aromatic nitrogens is 3. The van der Waals surface area contributed by atoms with E-state index in [0.29, 0.717) is 6.04 Å². The highest BCUT2D eigenvalue weighted by Gasteiger charge is 2.36. The third-order valence-corrected chi connectivity index (χ3v) is 4.59. The molecule has 2 aliphatic heterocycles. The molecule has 0 spiro atoms. The predicted octanol–water partition coefficient (Wildman–Crippen LogP) is 2.13. The summed E-state index contributed by atoms with van der Waals surface area (Å²) in [5.74, 6) is 0. The van der Waals surface area contributed by atoms with Gasteiger partial charge >= 0.3 is 0 Å². The largest absolute Gasteiger partial charge is 0.304 e. The molecular weight excluding hydrogens is 220 g/mol. The van der Waals surface area contributed by atoms with Gasteiger partial charge in [-0.05, 0) is 44.9 Å². The van der Waals surface area contributed by atoms with E-state index in [9.17, 15) is 0 Å². The van der Waals surface area contributed by atoms with Gasteiger partial charge in [-0.1, -0.05) is 6.42 Å². The third kappa shape index (κ3) is 1.62. The highest BCUT2D eigenvalue weighted by Crippen LogP contribution is 2.37. The first-order valence-corrected chi connectivity index (χ1v) is 6.50. The van der Waals surface area contributed by atoms with Crippen LogP contribution < -0.4 is 0 Å². The van der Waals surface area contributed by atoms with Crippen molar-refractivity contribution in [2.24, 2.45) is 0 Å². The number of piperidine rings is 2. The maximum Gasteiger partial charge on any atom is 0.195 e. The van der Waals surface area contributed by atoms with Crippen LogP contribution in [0.4, 0.5) is 0 Å². The molecule has 1 aromatic heterocycles. The van der Waals surface area contributed by atoms with E-state index in [0.717, 1.165) is 16.9 Å². The van der Waals surface area contributed by atoms with Gasteiger partial charge in [0, 0.05) is 18.1 Å². The molecule has 2 atom stereocenters. The van der Waals surface area contributed by atoms with Gasteiger partial charge in [0.1, 0.15) is 6.33 Å². The van der Waals surface area contributed by atoms with E-state index in [1.54, 1.807) is 0 Å². The number of hydrogen-bond donors (Lipinski definition) is 1. The van der Waals surface area contributed by atoms with Gasteiger partial charge in [0.25, 0.3) is 0 Å². The number of hydrogen-bond acceptors (Lipinski definition) is 3. The number of rotatable bonds is 1. The Morgan fingerprint density at radius 2 is 2.00 bits per heavy atom. The Kier molecular flexibility index (Phi) is 2.59. The first-order chi connectivity index (χ1) is 7.75. The lowest BCUT2D eigenvalue weighted by atomic mass is 9.82. The molecule has 0 amide bonds. The summed E-state index contributed by atoms with van der Waals surface area (Å²) in [5, 5.41) is 6.89. The summed E-state index contributed by atoms with van der Waals surface area (Å²) in [6.45, 7) is 0. The highest BCUT2D eigenvalue weighted by molar-refractivity contribution is 7.71. The summed E-state index contributed by atoms with van der Waals surface area (Å²) in [6, 6.07) is 2.04. The number of aromatic amines is 1. The normalized spacial score (nSPS) is 35.2. The Balaban J connectivity index is 1.85. The van der Waals surface area contributed by atoms with Crippen molar-refractivity contribution in [3.63, 3.8) is 0 Å². The van der Waals surface area contributed by atoms with Crippen LogP contribution in [0.5, 0.6) is 0 Å². The minimum atomic E-state index is 0.553. The Labute approximate surface area is 101 Å². The van der Waals surface area contributed by atoms with Crippen LogP contribution in [0.1, 0.15) is 38.1 Å². The van der Waals surface area contributed by atoms with Crippen LogP contribution in [0.3, 0.4) is 0 Å². The summed E-state index contributed by atoms with van der Waals surface area (Å²) in [5.41, 5.74) is 0. The van der Waals surface area contributed by atoms with Crippen molar-refractivity contribution in [3.05, 3.63) is 11.1 Å². The van der Waals surface area contributed by atoms with Crippen LogP contribution in [0.2, 0.25) is 0 Å². The Morgan fingerprint density at radius 1 is 1.31 bits per heavy atom. The molecule has 0 saturated carbocycles. The SMILES string of the molecule is CN1C2CCCC1CC(n1cn[nH]c1=S)C2. The number of H-pyrrole nitrogens is 1. The lowest BCUT2D eigenvalue weighted by Gasteiger charge is -2.47. The fourth-order valence-corrected chi connectivity index (χ4v) is 3.58. The Bertz CT molecular complexity index is 410. The van der Waals surface area contributed by atoms with Crippen molar-refractivity contribution in [2.75, 3.05) is 7.05 Å². The van der Waals surface area contributed by atoms with E-state index >= 15 is 0 Å². The molecule has 2 aliphatic rings. The summed E-state index contributed by atoms with van der Waals surface area (Å²) in [6.07, 6.45) is 8.38. The molecule has 2 bridgehead atoms. The van der Waals surface area contributed by atoms with Gasteiger partial charge in [0.15, 0.2) is 4.77 Å². The minimum absolute atomic E-state index is 0.553. The van der Waals surface area contributed by atoms with Crippen molar-refractivity contribution in [2.45, 2.75) is 50.2 Å². The number of nitrogens with zero attached hydrogens (tertiary/aromatic N) is 3. The quantitative estimate of drug-likeness (QED) is 0.762. The second-order valence-corrected chi connectivity index (χ2v) is 5.48. The maximum absolute atomic E-state index is 5.26. The van der Waals surface area contributed by atoms with E-state index in [1.807, 2.05) is 6.33 Å². The van der Waals surface area contributed by atoms with Gasteiger partial charge < -0.3 is 9.47 Å². The second-order valence-electron chi connectivity index (χ2n) is 5.10. The zero-order chi connectivity index (χ0) is 11.1. The molecule has 2 fully saturated rings. The summed E-state index contributed by atoms with van der Waals surface area (Å²) in [4.78, 5) is 2.57. The van der Waals surface area contributed by atoms with E-state index in [-0.39, 0.29) is 0 Å². The zero-order valence-corrected chi connectivity index (χ0v) is 10.4. The van der Waals surface area contributed by atoms with Crippen LogP contribution in [-0.4, -0.2) is 38.8 Å². The molecule has 3 heterocycles. The molecule has 1 N–H and O–H groups in total. The fraction of sp³-hybridized carbons (Fsp3) is 0.818. The van der Waals surface area contributed by atoms with Gasteiger partial charge in [0.05, 0.1) is 0 Å².